The molecular formula is C19H18F3N5O4S. The van der Waals surface area contributed by atoms with Crippen LogP contribution < -0.4 is 4.74 Å². The summed E-state index contributed by atoms with van der Waals surface area (Å²) in [5, 5.41) is 4.10. The Morgan fingerprint density at radius 1 is 1.19 bits per heavy atom. The van der Waals surface area contributed by atoms with Crippen LogP contribution in [0, 0.1) is 0 Å². The molecule has 0 bridgehead atoms. The molecule has 4 rings (SSSR count). The van der Waals surface area contributed by atoms with Gasteiger partial charge in [-0.1, -0.05) is 0 Å². The lowest BCUT2D eigenvalue weighted by Crippen LogP contribution is -2.55. The van der Waals surface area contributed by atoms with E-state index in [1.807, 2.05) is 0 Å². The van der Waals surface area contributed by atoms with Gasteiger partial charge in [0, 0.05) is 38.1 Å². The van der Waals surface area contributed by atoms with E-state index in [0.717, 1.165) is 24.3 Å². The Hall–Kier alpha value is -3.19. The zero-order valence-corrected chi connectivity index (χ0v) is 17.5. The van der Waals surface area contributed by atoms with Gasteiger partial charge >= 0.3 is 6.36 Å². The third kappa shape index (κ3) is 4.25. The number of hydrogen-bond donors (Lipinski definition) is 0. The Morgan fingerprint density at radius 2 is 1.91 bits per heavy atom. The fourth-order valence-corrected chi connectivity index (χ4v) is 5.05. The number of ether oxygens (including phenoxy) is 1. The van der Waals surface area contributed by atoms with E-state index in [-0.39, 0.29) is 30.4 Å². The fraction of sp³-hybridized carbons (Fsp3) is 0.316. The Balaban J connectivity index is 1.48. The number of sulfonamides is 1. The summed E-state index contributed by atoms with van der Waals surface area (Å²) in [4.78, 5) is 18.6. The van der Waals surface area contributed by atoms with Crippen molar-refractivity contribution < 1.29 is 31.1 Å². The van der Waals surface area contributed by atoms with Gasteiger partial charge < -0.3 is 9.64 Å². The molecule has 0 saturated carbocycles. The molecule has 1 saturated heterocycles. The first-order valence-corrected chi connectivity index (χ1v) is 11.0. The Morgan fingerprint density at radius 3 is 2.56 bits per heavy atom. The van der Waals surface area contributed by atoms with Crippen molar-refractivity contribution in [2.75, 3.05) is 19.6 Å². The van der Waals surface area contributed by atoms with Gasteiger partial charge in [-0.15, -0.1) is 13.2 Å². The average molecular weight is 469 g/mol. The van der Waals surface area contributed by atoms with Crippen LogP contribution in [0.15, 0.2) is 53.8 Å². The smallest absolute Gasteiger partial charge is 0.406 e. The van der Waals surface area contributed by atoms with Gasteiger partial charge in [0.05, 0.1) is 11.1 Å². The van der Waals surface area contributed by atoms with Gasteiger partial charge in [-0.05, 0) is 37.3 Å². The number of rotatable bonds is 4. The van der Waals surface area contributed by atoms with E-state index < -0.39 is 28.2 Å². The lowest BCUT2D eigenvalue weighted by Gasteiger charge is -2.39. The summed E-state index contributed by atoms with van der Waals surface area (Å²) >= 11 is 0. The highest BCUT2D eigenvalue weighted by Gasteiger charge is 2.36. The van der Waals surface area contributed by atoms with Gasteiger partial charge in [0.25, 0.3) is 5.91 Å². The van der Waals surface area contributed by atoms with Crippen LogP contribution in [0.5, 0.6) is 5.75 Å². The molecule has 0 aliphatic carbocycles. The second-order valence-electron chi connectivity index (χ2n) is 7.18. The maximum absolute atomic E-state index is 13.0. The summed E-state index contributed by atoms with van der Waals surface area (Å²) in [6, 6.07) is 5.25. The van der Waals surface area contributed by atoms with Crippen molar-refractivity contribution in [2.24, 2.45) is 0 Å². The minimum absolute atomic E-state index is 0.0293. The third-order valence-corrected chi connectivity index (χ3v) is 6.94. The van der Waals surface area contributed by atoms with Crippen molar-refractivity contribution in [2.45, 2.75) is 24.2 Å². The average Bonchev–Trinajstić information content (AvgIpc) is 3.16. The van der Waals surface area contributed by atoms with Crippen molar-refractivity contribution in [1.29, 1.82) is 0 Å². The lowest BCUT2D eigenvalue weighted by atomic mass is 10.2. The molecule has 0 radical (unpaired) electrons. The molecule has 1 aliphatic heterocycles. The SMILES string of the molecule is C[C@@H]1CN(S(=O)(=O)c2ccc(OC(F)(F)F)cc2)CCN1C(=O)c1cnn2cccnc12. The highest BCUT2D eigenvalue weighted by molar-refractivity contribution is 7.89. The molecule has 1 atom stereocenters. The molecule has 1 aliphatic rings. The van der Waals surface area contributed by atoms with Crippen LogP contribution in [0.2, 0.25) is 0 Å². The first kappa shape index (κ1) is 22.0. The van der Waals surface area contributed by atoms with Crippen LogP contribution in [0.25, 0.3) is 5.65 Å². The van der Waals surface area contributed by atoms with Gasteiger partial charge in [0.2, 0.25) is 10.0 Å². The molecule has 13 heteroatoms. The second-order valence-corrected chi connectivity index (χ2v) is 9.11. The fourth-order valence-electron chi connectivity index (χ4n) is 3.54. The predicted octanol–water partition coefficient (Wildman–Crippen LogP) is 2.16. The molecule has 3 aromatic rings. The van der Waals surface area contributed by atoms with E-state index in [4.69, 9.17) is 0 Å². The van der Waals surface area contributed by atoms with E-state index in [1.165, 1.54) is 15.0 Å². The van der Waals surface area contributed by atoms with Crippen molar-refractivity contribution in [3.05, 3.63) is 54.5 Å². The number of amides is 1. The van der Waals surface area contributed by atoms with Crippen LogP contribution in [-0.2, 0) is 10.0 Å². The molecule has 1 amide bonds. The zero-order chi connectivity index (χ0) is 23.1. The van der Waals surface area contributed by atoms with Gasteiger partial charge in [-0.2, -0.15) is 9.40 Å². The lowest BCUT2D eigenvalue weighted by molar-refractivity contribution is -0.274. The van der Waals surface area contributed by atoms with Crippen LogP contribution in [0.3, 0.4) is 0 Å². The number of carbonyl (C=O) groups excluding carboxylic acids is 1. The van der Waals surface area contributed by atoms with Gasteiger partial charge in [-0.3, -0.25) is 4.79 Å². The molecule has 9 nitrogen and oxygen atoms in total. The summed E-state index contributed by atoms with van der Waals surface area (Å²) in [5.74, 6) is -0.820. The topological polar surface area (TPSA) is 97.1 Å². The van der Waals surface area contributed by atoms with Crippen LogP contribution >= 0.6 is 0 Å². The molecule has 1 fully saturated rings. The number of carbonyl (C=O) groups is 1. The van der Waals surface area contributed by atoms with Gasteiger partial charge in [0.1, 0.15) is 11.3 Å². The van der Waals surface area contributed by atoms with E-state index in [2.05, 4.69) is 14.8 Å². The van der Waals surface area contributed by atoms with Gasteiger partial charge in [0.15, 0.2) is 5.65 Å². The number of fused-ring (bicyclic) bond motifs is 1. The Kier molecular flexibility index (Phi) is 5.54. The first-order chi connectivity index (χ1) is 15.1. The third-order valence-electron chi connectivity index (χ3n) is 5.06. The van der Waals surface area contributed by atoms with E-state index in [1.54, 1.807) is 30.3 Å². The largest absolute Gasteiger partial charge is 0.573 e. The van der Waals surface area contributed by atoms with E-state index in [9.17, 15) is 26.4 Å². The standard InChI is InChI=1S/C19H18F3N5O4S/c1-13-12-25(32(29,30)15-5-3-14(4-6-15)31-19(20,21)22)9-10-26(13)18(28)16-11-24-27-8-2-7-23-17(16)27/h2-8,11,13H,9-10,12H2,1H3/t13-/m1/s1. The molecular weight excluding hydrogens is 451 g/mol. The summed E-state index contributed by atoms with van der Waals surface area (Å²) in [7, 11) is -3.96. The molecule has 2 aromatic heterocycles. The molecule has 170 valence electrons. The molecule has 0 N–H and O–H groups in total. The van der Waals surface area contributed by atoms with Crippen molar-refractivity contribution >= 4 is 21.6 Å². The Labute approximate surface area is 181 Å². The molecule has 32 heavy (non-hydrogen) atoms. The van der Waals surface area contributed by atoms with E-state index in [0.29, 0.717) is 11.2 Å². The summed E-state index contributed by atoms with van der Waals surface area (Å²) < 4.78 is 69.3. The number of benzene rings is 1. The number of piperazine rings is 1. The first-order valence-electron chi connectivity index (χ1n) is 9.51. The normalized spacial score (nSPS) is 18.1. The second kappa shape index (κ2) is 8.06. The summed E-state index contributed by atoms with van der Waals surface area (Å²) in [6.45, 7) is 1.92. The minimum Gasteiger partial charge on any atom is -0.406 e. The predicted molar refractivity (Wildman–Crippen MR) is 105 cm³/mol. The number of hydrogen-bond acceptors (Lipinski definition) is 6. The van der Waals surface area contributed by atoms with Gasteiger partial charge in [-0.25, -0.2) is 17.9 Å². The van der Waals surface area contributed by atoms with Crippen molar-refractivity contribution in [3.8, 4) is 5.75 Å². The van der Waals surface area contributed by atoms with Crippen LogP contribution in [-0.4, -0.2) is 70.2 Å². The van der Waals surface area contributed by atoms with Crippen LogP contribution in [0.4, 0.5) is 13.2 Å². The van der Waals surface area contributed by atoms with Crippen molar-refractivity contribution in [3.63, 3.8) is 0 Å². The highest BCUT2D eigenvalue weighted by atomic mass is 32.2. The van der Waals surface area contributed by atoms with Crippen LogP contribution in [0.1, 0.15) is 17.3 Å². The number of halogens is 3. The summed E-state index contributed by atoms with van der Waals surface area (Å²) in [5.41, 5.74) is 0.718. The minimum atomic E-state index is -4.87. The zero-order valence-electron chi connectivity index (χ0n) is 16.7. The van der Waals surface area contributed by atoms with Crippen molar-refractivity contribution in [1.82, 2.24) is 23.8 Å². The maximum Gasteiger partial charge on any atom is 0.573 e. The highest BCUT2D eigenvalue weighted by Crippen LogP contribution is 2.26. The quantitative estimate of drug-likeness (QED) is 0.581. The number of aromatic nitrogens is 3. The number of alkyl halides is 3. The number of nitrogens with zero attached hydrogens (tertiary/aromatic N) is 5. The summed E-state index contributed by atoms with van der Waals surface area (Å²) in [6.07, 6.45) is -0.231. The molecule has 1 aromatic carbocycles. The molecule has 0 unspecified atom stereocenters. The molecule has 3 heterocycles. The Bertz CT molecular complexity index is 1240. The van der Waals surface area contributed by atoms with E-state index >= 15 is 0 Å². The molecule has 0 spiro atoms. The monoisotopic (exact) mass is 469 g/mol. The maximum atomic E-state index is 13.0.